The molecule has 2 aromatic rings. The number of ether oxygens (including phenoxy) is 1. The molecule has 1 aromatic heterocycles. The van der Waals surface area contributed by atoms with Gasteiger partial charge >= 0.3 is 0 Å². The van der Waals surface area contributed by atoms with E-state index in [1.807, 2.05) is 23.7 Å². The van der Waals surface area contributed by atoms with Gasteiger partial charge in [-0.1, -0.05) is 17.7 Å². The summed E-state index contributed by atoms with van der Waals surface area (Å²) in [5, 5.41) is 2.91. The van der Waals surface area contributed by atoms with Crippen molar-refractivity contribution in [3.63, 3.8) is 0 Å². The molecule has 0 bridgehead atoms. The number of hydrogen-bond acceptors (Lipinski definition) is 3. The molecule has 1 N–H and O–H groups in total. The van der Waals surface area contributed by atoms with Crippen LogP contribution in [0.2, 0.25) is 0 Å². The molecule has 1 unspecified atom stereocenters. The summed E-state index contributed by atoms with van der Waals surface area (Å²) in [7, 11) is 1.91. The van der Waals surface area contributed by atoms with Crippen LogP contribution in [-0.2, 0) is 24.8 Å². The fourth-order valence-electron chi connectivity index (χ4n) is 2.55. The lowest BCUT2D eigenvalue weighted by Gasteiger charge is -2.25. The van der Waals surface area contributed by atoms with E-state index < -0.39 is 6.10 Å². The maximum atomic E-state index is 12.2. The molecule has 0 spiro atoms. The third-order valence-electron chi connectivity index (χ3n) is 3.81. The van der Waals surface area contributed by atoms with E-state index in [4.69, 9.17) is 4.74 Å². The Hall–Kier alpha value is -2.30. The topological polar surface area (TPSA) is 56.2 Å². The Morgan fingerprint density at radius 1 is 1.52 bits per heavy atom. The van der Waals surface area contributed by atoms with E-state index in [0.29, 0.717) is 13.0 Å². The van der Waals surface area contributed by atoms with Gasteiger partial charge in [-0.3, -0.25) is 4.79 Å². The van der Waals surface area contributed by atoms with Crippen molar-refractivity contribution in [3.8, 4) is 5.75 Å². The lowest BCUT2D eigenvalue weighted by Crippen LogP contribution is -2.40. The van der Waals surface area contributed by atoms with Crippen LogP contribution in [0.4, 0.5) is 0 Å². The number of nitrogens with one attached hydrogen (secondary N) is 1. The number of fused-ring (bicyclic) bond motifs is 1. The highest BCUT2D eigenvalue weighted by Crippen LogP contribution is 2.28. The normalized spacial score (nSPS) is 17.0. The van der Waals surface area contributed by atoms with Crippen molar-refractivity contribution in [2.45, 2.75) is 32.4 Å². The van der Waals surface area contributed by atoms with Crippen LogP contribution in [0.5, 0.6) is 5.75 Å². The summed E-state index contributed by atoms with van der Waals surface area (Å²) in [6.45, 7) is 2.53. The number of aromatic nitrogens is 2. The third kappa shape index (κ3) is 2.91. The molecule has 3 rings (SSSR count). The quantitative estimate of drug-likeness (QED) is 0.934. The zero-order valence-electron chi connectivity index (χ0n) is 12.3. The standard InChI is InChI=1S/C16H19N3O2/c1-11-3-5-14-12(7-11)4-6-15(21-14)16(20)18-9-13-8-17-10-19(13)2/h3,5,7-8,10,15H,4,6,9H2,1-2H3,(H,18,20). The second-order valence-corrected chi connectivity index (χ2v) is 5.47. The molecule has 1 amide bonds. The number of imidazole rings is 1. The Morgan fingerprint density at radius 2 is 2.38 bits per heavy atom. The summed E-state index contributed by atoms with van der Waals surface area (Å²) in [6.07, 6.45) is 4.65. The van der Waals surface area contributed by atoms with Gasteiger partial charge in [-0.15, -0.1) is 0 Å². The molecule has 5 nitrogen and oxygen atoms in total. The minimum absolute atomic E-state index is 0.0672. The predicted molar refractivity (Wildman–Crippen MR) is 79.0 cm³/mol. The number of benzene rings is 1. The fraction of sp³-hybridized carbons (Fsp3) is 0.375. The van der Waals surface area contributed by atoms with Crippen LogP contribution >= 0.6 is 0 Å². The van der Waals surface area contributed by atoms with Crippen molar-refractivity contribution in [2.24, 2.45) is 7.05 Å². The fourth-order valence-corrected chi connectivity index (χ4v) is 2.55. The number of carbonyl (C=O) groups is 1. The molecule has 5 heteroatoms. The Balaban J connectivity index is 1.62. The number of rotatable bonds is 3. The number of amides is 1. The molecular weight excluding hydrogens is 266 g/mol. The number of hydrogen-bond donors (Lipinski definition) is 1. The van der Waals surface area contributed by atoms with E-state index in [2.05, 4.69) is 23.3 Å². The second-order valence-electron chi connectivity index (χ2n) is 5.47. The van der Waals surface area contributed by atoms with Crippen molar-refractivity contribution in [2.75, 3.05) is 0 Å². The molecule has 110 valence electrons. The van der Waals surface area contributed by atoms with Gasteiger partial charge in [0.2, 0.25) is 0 Å². The lowest BCUT2D eigenvalue weighted by molar-refractivity contribution is -0.128. The van der Waals surface area contributed by atoms with Gasteiger partial charge in [0.15, 0.2) is 6.10 Å². The molecule has 0 fully saturated rings. The molecule has 0 saturated heterocycles. The minimum atomic E-state index is -0.409. The predicted octanol–water partition coefficient (Wildman–Crippen LogP) is 1.74. The highest BCUT2D eigenvalue weighted by molar-refractivity contribution is 5.81. The van der Waals surface area contributed by atoms with Crippen LogP contribution in [0.3, 0.4) is 0 Å². The first-order chi connectivity index (χ1) is 10.1. The Kier molecular flexibility index (Phi) is 3.64. The van der Waals surface area contributed by atoms with Crippen molar-refractivity contribution in [1.82, 2.24) is 14.9 Å². The third-order valence-corrected chi connectivity index (χ3v) is 3.81. The summed E-state index contributed by atoms with van der Waals surface area (Å²) < 4.78 is 7.70. The molecule has 1 aliphatic rings. The average molecular weight is 285 g/mol. The van der Waals surface area contributed by atoms with Gasteiger partial charge < -0.3 is 14.6 Å². The summed E-state index contributed by atoms with van der Waals surface area (Å²) in [5.74, 6) is 0.759. The van der Waals surface area contributed by atoms with Crippen molar-refractivity contribution in [1.29, 1.82) is 0 Å². The van der Waals surface area contributed by atoms with Gasteiger partial charge in [0.25, 0.3) is 5.91 Å². The molecule has 2 heterocycles. The second kappa shape index (κ2) is 5.60. The maximum absolute atomic E-state index is 12.2. The Bertz CT molecular complexity index is 663. The first-order valence-electron chi connectivity index (χ1n) is 7.12. The molecule has 0 radical (unpaired) electrons. The molecule has 21 heavy (non-hydrogen) atoms. The summed E-state index contributed by atoms with van der Waals surface area (Å²) in [5.41, 5.74) is 3.37. The molecular formula is C16H19N3O2. The first kappa shape index (κ1) is 13.7. The number of aryl methyl sites for hydroxylation is 3. The van der Waals surface area contributed by atoms with Crippen molar-refractivity contribution in [3.05, 3.63) is 47.5 Å². The maximum Gasteiger partial charge on any atom is 0.261 e. The summed E-state index contributed by atoms with van der Waals surface area (Å²) in [4.78, 5) is 16.2. The summed E-state index contributed by atoms with van der Waals surface area (Å²) >= 11 is 0. The number of carbonyl (C=O) groups excluding carboxylic acids is 1. The van der Waals surface area contributed by atoms with Crippen LogP contribution in [-0.4, -0.2) is 21.6 Å². The van der Waals surface area contributed by atoms with E-state index in [1.54, 1.807) is 12.5 Å². The van der Waals surface area contributed by atoms with Crippen LogP contribution in [0.15, 0.2) is 30.7 Å². The molecule has 0 saturated carbocycles. The van der Waals surface area contributed by atoms with Gasteiger partial charge in [-0.25, -0.2) is 4.98 Å². The van der Waals surface area contributed by atoms with Crippen molar-refractivity contribution >= 4 is 5.91 Å². The van der Waals surface area contributed by atoms with E-state index in [9.17, 15) is 4.79 Å². The van der Waals surface area contributed by atoms with Crippen LogP contribution in [0.25, 0.3) is 0 Å². The lowest BCUT2D eigenvalue weighted by atomic mass is 10.00. The van der Waals surface area contributed by atoms with E-state index in [0.717, 1.165) is 17.9 Å². The first-order valence-corrected chi connectivity index (χ1v) is 7.12. The number of nitrogens with zero attached hydrogens (tertiary/aromatic N) is 2. The van der Waals surface area contributed by atoms with Gasteiger partial charge in [-0.05, 0) is 31.4 Å². The van der Waals surface area contributed by atoms with Crippen LogP contribution < -0.4 is 10.1 Å². The molecule has 1 aliphatic heterocycles. The van der Waals surface area contributed by atoms with E-state index in [-0.39, 0.29) is 5.91 Å². The zero-order valence-corrected chi connectivity index (χ0v) is 12.3. The SMILES string of the molecule is Cc1ccc2c(c1)CCC(C(=O)NCc1cncn1C)O2. The van der Waals surface area contributed by atoms with Gasteiger partial charge in [0, 0.05) is 13.2 Å². The van der Waals surface area contributed by atoms with E-state index in [1.165, 1.54) is 11.1 Å². The monoisotopic (exact) mass is 285 g/mol. The van der Waals surface area contributed by atoms with E-state index >= 15 is 0 Å². The van der Waals surface area contributed by atoms with Gasteiger partial charge in [-0.2, -0.15) is 0 Å². The molecule has 1 atom stereocenters. The smallest absolute Gasteiger partial charge is 0.261 e. The summed E-state index contributed by atoms with van der Waals surface area (Å²) in [6, 6.07) is 6.08. The Morgan fingerprint density at radius 3 is 3.14 bits per heavy atom. The van der Waals surface area contributed by atoms with Crippen LogP contribution in [0, 0.1) is 6.92 Å². The van der Waals surface area contributed by atoms with Crippen molar-refractivity contribution < 1.29 is 9.53 Å². The largest absolute Gasteiger partial charge is 0.480 e. The minimum Gasteiger partial charge on any atom is -0.480 e. The molecule has 0 aliphatic carbocycles. The zero-order chi connectivity index (χ0) is 14.8. The average Bonchev–Trinajstić information content (AvgIpc) is 2.89. The highest BCUT2D eigenvalue weighted by Gasteiger charge is 2.25. The Labute approximate surface area is 124 Å². The van der Waals surface area contributed by atoms with Crippen LogP contribution in [0.1, 0.15) is 23.2 Å². The highest BCUT2D eigenvalue weighted by atomic mass is 16.5. The van der Waals surface area contributed by atoms with Gasteiger partial charge in [0.05, 0.1) is 18.6 Å². The van der Waals surface area contributed by atoms with Gasteiger partial charge in [0.1, 0.15) is 5.75 Å². The molecule has 1 aromatic carbocycles.